The lowest BCUT2D eigenvalue weighted by atomic mass is 9.79. The Labute approximate surface area is 213 Å². The Bertz CT molecular complexity index is 1430. The number of rotatable bonds is 3. The number of amides is 4. The van der Waals surface area contributed by atoms with Gasteiger partial charge in [0.05, 0.1) is 42.9 Å². The van der Waals surface area contributed by atoms with Crippen molar-refractivity contribution in [3.63, 3.8) is 0 Å². The summed E-state index contributed by atoms with van der Waals surface area (Å²) in [5.41, 5.74) is 0.577. The molecule has 1 spiro atoms. The number of nitrogens with zero attached hydrogens (tertiary/aromatic N) is 6. The summed E-state index contributed by atoms with van der Waals surface area (Å²) in [4.78, 5) is 47.1. The standard InChI is InChI=1S/C24H22F3N7O4/c1-13-8-34-18(9-32(13)23(37)30-14-4-15(25)20(27)16(26)5-14)17(7-29-34)33-12-24(6-19(33)35)10-31(11-24)22(36)21-28-2-3-38-21/h2-5,7,13H,6,8-12H2,1H3,(H,30,37)/t13-/m0/s1. The zero-order valence-corrected chi connectivity index (χ0v) is 20.2. The van der Waals surface area contributed by atoms with E-state index in [0.29, 0.717) is 49.7 Å². The minimum atomic E-state index is -1.62. The highest BCUT2D eigenvalue weighted by molar-refractivity contribution is 5.98. The lowest BCUT2D eigenvalue weighted by Crippen LogP contribution is -2.59. The molecule has 0 unspecified atom stereocenters. The quantitative estimate of drug-likeness (QED) is 0.522. The van der Waals surface area contributed by atoms with Crippen LogP contribution < -0.4 is 10.2 Å². The maximum Gasteiger partial charge on any atom is 0.322 e. The molecule has 5 heterocycles. The fraction of sp³-hybridized carbons (Fsp3) is 0.375. The molecular formula is C24H22F3N7O4. The van der Waals surface area contributed by atoms with E-state index in [2.05, 4.69) is 15.4 Å². The van der Waals surface area contributed by atoms with Crippen molar-refractivity contribution in [1.82, 2.24) is 24.6 Å². The zero-order valence-electron chi connectivity index (χ0n) is 20.2. The van der Waals surface area contributed by atoms with Gasteiger partial charge in [-0.05, 0) is 6.92 Å². The van der Waals surface area contributed by atoms with Crippen LogP contribution in [0.3, 0.4) is 0 Å². The van der Waals surface area contributed by atoms with Crippen LogP contribution >= 0.6 is 0 Å². The average molecular weight is 529 g/mol. The van der Waals surface area contributed by atoms with E-state index in [-0.39, 0.29) is 42.4 Å². The highest BCUT2D eigenvalue weighted by Gasteiger charge is 2.54. The number of fused-ring (bicyclic) bond motifs is 1. The predicted molar refractivity (Wildman–Crippen MR) is 124 cm³/mol. The summed E-state index contributed by atoms with van der Waals surface area (Å²) in [7, 11) is 0. The number of oxazole rings is 1. The van der Waals surface area contributed by atoms with E-state index in [1.54, 1.807) is 27.6 Å². The smallest absolute Gasteiger partial charge is 0.322 e. The lowest BCUT2D eigenvalue weighted by Gasteiger charge is -2.46. The van der Waals surface area contributed by atoms with Gasteiger partial charge in [0.15, 0.2) is 17.5 Å². The van der Waals surface area contributed by atoms with Crippen LogP contribution in [0.15, 0.2) is 35.2 Å². The molecule has 11 nitrogen and oxygen atoms in total. The first kappa shape index (κ1) is 24.0. The van der Waals surface area contributed by atoms with Crippen LogP contribution in [0.4, 0.5) is 29.3 Å². The Hall–Kier alpha value is -4.36. The van der Waals surface area contributed by atoms with E-state index in [1.165, 1.54) is 17.4 Å². The van der Waals surface area contributed by atoms with Gasteiger partial charge in [-0.25, -0.2) is 22.9 Å². The second-order valence-electron chi connectivity index (χ2n) is 9.97. The SMILES string of the molecule is C[C@H]1Cn2ncc(N3CC4(CC3=O)CN(C(=O)c3ncco3)C4)c2CN1C(=O)Nc1cc(F)c(F)c(F)c1. The fourth-order valence-corrected chi connectivity index (χ4v) is 5.41. The van der Waals surface area contributed by atoms with Gasteiger partial charge in [-0.1, -0.05) is 0 Å². The first-order chi connectivity index (χ1) is 18.1. The Morgan fingerprint density at radius 2 is 1.89 bits per heavy atom. The second kappa shape index (κ2) is 8.60. The van der Waals surface area contributed by atoms with Gasteiger partial charge in [-0.15, -0.1) is 0 Å². The van der Waals surface area contributed by atoms with E-state index in [0.717, 1.165) is 0 Å². The summed E-state index contributed by atoms with van der Waals surface area (Å²) < 4.78 is 47.3. The molecule has 2 aromatic heterocycles. The molecule has 4 amide bonds. The molecule has 0 aliphatic carbocycles. The highest BCUT2D eigenvalue weighted by atomic mass is 19.2. The van der Waals surface area contributed by atoms with E-state index in [1.807, 2.05) is 0 Å². The van der Waals surface area contributed by atoms with Crippen molar-refractivity contribution < 1.29 is 32.0 Å². The number of likely N-dealkylation sites (tertiary alicyclic amines) is 1. The minimum absolute atomic E-state index is 0.00494. The summed E-state index contributed by atoms with van der Waals surface area (Å²) in [6.07, 6.45) is 4.57. The number of nitrogens with one attached hydrogen (secondary N) is 1. The van der Waals surface area contributed by atoms with Crippen molar-refractivity contribution >= 4 is 29.2 Å². The molecular weight excluding hydrogens is 507 g/mol. The molecule has 2 fully saturated rings. The second-order valence-corrected chi connectivity index (χ2v) is 9.97. The number of halogens is 3. The molecule has 3 aliphatic rings. The molecule has 1 N–H and O–H groups in total. The van der Waals surface area contributed by atoms with Crippen LogP contribution in [0.1, 0.15) is 29.7 Å². The maximum absolute atomic E-state index is 13.6. The molecule has 0 radical (unpaired) electrons. The first-order valence-corrected chi connectivity index (χ1v) is 11.9. The van der Waals surface area contributed by atoms with Gasteiger partial charge in [-0.3, -0.25) is 14.3 Å². The lowest BCUT2D eigenvalue weighted by molar-refractivity contribution is -0.118. The number of hydrogen-bond acceptors (Lipinski definition) is 6. The molecule has 198 valence electrons. The zero-order chi connectivity index (χ0) is 26.8. The normalized spacial score (nSPS) is 20.1. The average Bonchev–Trinajstić information content (AvgIpc) is 3.59. The van der Waals surface area contributed by atoms with E-state index in [9.17, 15) is 27.6 Å². The molecule has 3 aliphatic heterocycles. The molecule has 1 atom stereocenters. The Kier molecular flexibility index (Phi) is 5.43. The topological polar surface area (TPSA) is 117 Å². The molecule has 38 heavy (non-hydrogen) atoms. The van der Waals surface area contributed by atoms with Crippen LogP contribution in [0, 0.1) is 22.9 Å². The van der Waals surface area contributed by atoms with Crippen molar-refractivity contribution in [2.24, 2.45) is 5.41 Å². The number of urea groups is 1. The van der Waals surface area contributed by atoms with Crippen LogP contribution in [0.25, 0.3) is 0 Å². The third kappa shape index (κ3) is 3.87. The summed E-state index contributed by atoms with van der Waals surface area (Å²) >= 11 is 0. The van der Waals surface area contributed by atoms with E-state index >= 15 is 0 Å². The number of carbonyl (C=O) groups excluding carboxylic acids is 3. The minimum Gasteiger partial charge on any atom is -0.441 e. The van der Waals surface area contributed by atoms with Crippen LogP contribution in [0.5, 0.6) is 0 Å². The summed E-state index contributed by atoms with van der Waals surface area (Å²) in [5.74, 6) is -4.88. The third-order valence-electron chi connectivity index (χ3n) is 7.28. The third-order valence-corrected chi connectivity index (χ3v) is 7.28. The maximum atomic E-state index is 13.6. The summed E-state index contributed by atoms with van der Waals surface area (Å²) in [6, 6.07) is 0.451. The molecule has 0 bridgehead atoms. The van der Waals surface area contributed by atoms with Gasteiger partial charge in [0.2, 0.25) is 5.91 Å². The predicted octanol–water partition coefficient (Wildman–Crippen LogP) is 2.60. The van der Waals surface area contributed by atoms with E-state index < -0.39 is 28.9 Å². The van der Waals surface area contributed by atoms with Gasteiger partial charge >= 0.3 is 11.9 Å². The van der Waals surface area contributed by atoms with Gasteiger partial charge in [0.1, 0.15) is 6.26 Å². The van der Waals surface area contributed by atoms with Crippen molar-refractivity contribution in [2.75, 3.05) is 29.9 Å². The van der Waals surface area contributed by atoms with Gasteiger partial charge < -0.3 is 24.4 Å². The number of anilines is 2. The first-order valence-electron chi connectivity index (χ1n) is 11.9. The Morgan fingerprint density at radius 3 is 2.58 bits per heavy atom. The van der Waals surface area contributed by atoms with E-state index in [4.69, 9.17) is 4.42 Å². The van der Waals surface area contributed by atoms with Crippen LogP contribution in [0.2, 0.25) is 0 Å². The van der Waals surface area contributed by atoms with Crippen molar-refractivity contribution in [3.05, 3.63) is 59.8 Å². The van der Waals surface area contributed by atoms with Crippen LogP contribution in [-0.2, 0) is 17.9 Å². The number of carbonyl (C=O) groups is 3. The Balaban J connectivity index is 1.17. The molecule has 6 rings (SSSR count). The summed E-state index contributed by atoms with van der Waals surface area (Å²) in [6.45, 7) is 3.36. The highest BCUT2D eigenvalue weighted by Crippen LogP contribution is 2.43. The fourth-order valence-electron chi connectivity index (χ4n) is 5.41. The molecule has 0 saturated carbocycles. The largest absolute Gasteiger partial charge is 0.441 e. The van der Waals surface area contributed by atoms with Gasteiger partial charge in [0.25, 0.3) is 5.89 Å². The molecule has 1 aromatic carbocycles. The van der Waals surface area contributed by atoms with Gasteiger partial charge in [-0.2, -0.15) is 5.10 Å². The van der Waals surface area contributed by atoms with Crippen LogP contribution in [-0.4, -0.2) is 68.1 Å². The Morgan fingerprint density at radius 1 is 1.16 bits per heavy atom. The van der Waals surface area contributed by atoms with Crippen molar-refractivity contribution in [1.29, 1.82) is 0 Å². The molecule has 2 saturated heterocycles. The number of aromatic nitrogens is 3. The number of benzene rings is 1. The molecule has 3 aromatic rings. The summed E-state index contributed by atoms with van der Waals surface area (Å²) in [5, 5.41) is 6.81. The molecule has 14 heteroatoms. The number of hydrogen-bond donors (Lipinski definition) is 1. The van der Waals surface area contributed by atoms with Crippen molar-refractivity contribution in [3.8, 4) is 0 Å². The van der Waals surface area contributed by atoms with Gasteiger partial charge in [0, 0.05) is 49.3 Å². The van der Waals surface area contributed by atoms with Crippen molar-refractivity contribution in [2.45, 2.75) is 32.5 Å². The monoisotopic (exact) mass is 529 g/mol.